The van der Waals surface area contributed by atoms with E-state index in [1.807, 2.05) is 30.6 Å². The van der Waals surface area contributed by atoms with Crippen LogP contribution in [0, 0.1) is 0 Å². The molecule has 5 nitrogen and oxygen atoms in total. The van der Waals surface area contributed by atoms with Gasteiger partial charge >= 0.3 is 0 Å². The second-order valence-corrected chi connectivity index (χ2v) is 6.62. The van der Waals surface area contributed by atoms with Crippen molar-refractivity contribution in [3.05, 3.63) is 48.0 Å². The third-order valence-corrected chi connectivity index (χ3v) is 4.93. The Balaban J connectivity index is 1.38. The first-order chi connectivity index (χ1) is 11.4. The number of pyridine rings is 1. The highest BCUT2D eigenvalue weighted by Crippen LogP contribution is 2.29. The average Bonchev–Trinajstić information content (AvgIpc) is 3.27. The Kier molecular flexibility index (Phi) is 4.39. The number of hydrogen-bond acceptors (Lipinski definition) is 4. The van der Waals surface area contributed by atoms with Crippen LogP contribution in [0.5, 0.6) is 0 Å². The number of hydrogen-bond donors (Lipinski definition) is 0. The Labute approximate surface area is 137 Å². The summed E-state index contributed by atoms with van der Waals surface area (Å²) in [4.78, 5) is 6.88. The Hall–Kier alpha value is -1.72. The molecule has 4 rings (SSSR count). The van der Waals surface area contributed by atoms with Crippen LogP contribution in [0.2, 0.25) is 0 Å². The van der Waals surface area contributed by atoms with E-state index in [0.717, 1.165) is 31.9 Å². The van der Waals surface area contributed by atoms with Gasteiger partial charge in [-0.2, -0.15) is 5.10 Å². The minimum atomic E-state index is 0.0785. The smallest absolute Gasteiger partial charge is 0.112 e. The molecule has 3 heterocycles. The van der Waals surface area contributed by atoms with Crippen molar-refractivity contribution in [1.82, 2.24) is 19.7 Å². The number of morpholine rings is 1. The van der Waals surface area contributed by atoms with Crippen LogP contribution < -0.4 is 0 Å². The van der Waals surface area contributed by atoms with Gasteiger partial charge in [0.25, 0.3) is 0 Å². The molecule has 5 heteroatoms. The molecule has 1 saturated heterocycles. The monoisotopic (exact) mass is 312 g/mol. The van der Waals surface area contributed by atoms with Gasteiger partial charge in [0, 0.05) is 37.6 Å². The van der Waals surface area contributed by atoms with Crippen molar-refractivity contribution in [2.75, 3.05) is 19.7 Å². The number of rotatable bonds is 4. The van der Waals surface area contributed by atoms with E-state index in [1.54, 1.807) is 0 Å². The summed E-state index contributed by atoms with van der Waals surface area (Å²) in [6.45, 7) is 3.57. The average molecular weight is 312 g/mol. The lowest BCUT2D eigenvalue weighted by Crippen LogP contribution is -2.38. The summed E-state index contributed by atoms with van der Waals surface area (Å²) >= 11 is 0. The van der Waals surface area contributed by atoms with Crippen LogP contribution in [0.25, 0.3) is 0 Å². The van der Waals surface area contributed by atoms with Crippen LogP contribution in [0.15, 0.2) is 36.8 Å². The van der Waals surface area contributed by atoms with Gasteiger partial charge in [-0.25, -0.2) is 0 Å². The van der Waals surface area contributed by atoms with Crippen molar-refractivity contribution in [2.24, 2.45) is 0 Å². The molecule has 2 aliphatic rings. The second-order valence-electron chi connectivity index (χ2n) is 6.62. The van der Waals surface area contributed by atoms with E-state index >= 15 is 0 Å². The van der Waals surface area contributed by atoms with Gasteiger partial charge in [-0.15, -0.1) is 0 Å². The van der Waals surface area contributed by atoms with Crippen LogP contribution in [0.3, 0.4) is 0 Å². The predicted molar refractivity (Wildman–Crippen MR) is 87.9 cm³/mol. The number of ether oxygens (including phenoxy) is 1. The molecule has 0 bridgehead atoms. The van der Waals surface area contributed by atoms with E-state index in [9.17, 15) is 0 Å². The lowest BCUT2D eigenvalue weighted by Gasteiger charge is -2.32. The van der Waals surface area contributed by atoms with Gasteiger partial charge < -0.3 is 4.74 Å². The molecule has 2 fully saturated rings. The van der Waals surface area contributed by atoms with Gasteiger partial charge in [0.15, 0.2) is 0 Å². The van der Waals surface area contributed by atoms with Crippen LogP contribution in [-0.2, 0) is 11.3 Å². The van der Waals surface area contributed by atoms with E-state index in [1.165, 1.54) is 31.2 Å². The van der Waals surface area contributed by atoms with Crippen molar-refractivity contribution in [3.63, 3.8) is 0 Å². The molecule has 0 spiro atoms. The number of aromatic nitrogens is 3. The maximum absolute atomic E-state index is 5.89. The Morgan fingerprint density at radius 1 is 1.22 bits per heavy atom. The number of nitrogens with zero attached hydrogens (tertiary/aromatic N) is 4. The molecule has 1 aliphatic carbocycles. The third kappa shape index (κ3) is 3.46. The Morgan fingerprint density at radius 3 is 2.96 bits per heavy atom. The van der Waals surface area contributed by atoms with Crippen LogP contribution in [-0.4, -0.2) is 39.4 Å². The summed E-state index contributed by atoms with van der Waals surface area (Å²) < 4.78 is 8.07. The van der Waals surface area contributed by atoms with Crippen molar-refractivity contribution in [2.45, 2.75) is 44.4 Å². The summed E-state index contributed by atoms with van der Waals surface area (Å²) in [7, 11) is 0. The van der Waals surface area contributed by atoms with Crippen molar-refractivity contribution in [1.29, 1.82) is 0 Å². The molecule has 0 aromatic carbocycles. The largest absolute Gasteiger partial charge is 0.369 e. The molecule has 2 aromatic heterocycles. The maximum Gasteiger partial charge on any atom is 0.112 e. The molecule has 0 amide bonds. The van der Waals surface area contributed by atoms with Gasteiger partial charge in [-0.05, 0) is 25.0 Å². The summed E-state index contributed by atoms with van der Waals surface area (Å²) in [5.41, 5.74) is 2.33. The van der Waals surface area contributed by atoms with Crippen LogP contribution in [0.1, 0.15) is 49.1 Å². The van der Waals surface area contributed by atoms with E-state index < -0.39 is 0 Å². The molecule has 1 atom stereocenters. The summed E-state index contributed by atoms with van der Waals surface area (Å²) in [6, 6.07) is 6.64. The molecular weight excluding hydrogens is 288 g/mol. The SMILES string of the molecule is c1ccc(C2CN(Cc3cnn(C4CCCC4)c3)CCO2)nc1. The minimum Gasteiger partial charge on any atom is -0.369 e. The van der Waals surface area contributed by atoms with Crippen molar-refractivity contribution < 1.29 is 4.74 Å². The highest BCUT2D eigenvalue weighted by atomic mass is 16.5. The first-order valence-electron chi connectivity index (χ1n) is 8.66. The Bertz CT molecular complexity index is 621. The predicted octanol–water partition coefficient (Wildman–Crippen LogP) is 2.97. The summed E-state index contributed by atoms with van der Waals surface area (Å²) in [5, 5.41) is 4.59. The molecule has 1 aliphatic heterocycles. The normalized spacial score (nSPS) is 23.4. The fourth-order valence-electron chi connectivity index (χ4n) is 3.68. The minimum absolute atomic E-state index is 0.0785. The highest BCUT2D eigenvalue weighted by molar-refractivity contribution is 5.09. The van der Waals surface area contributed by atoms with Crippen molar-refractivity contribution in [3.8, 4) is 0 Å². The topological polar surface area (TPSA) is 43.2 Å². The summed E-state index contributed by atoms with van der Waals surface area (Å²) in [6.07, 6.45) is 11.4. The highest BCUT2D eigenvalue weighted by Gasteiger charge is 2.23. The lowest BCUT2D eigenvalue weighted by molar-refractivity contribution is -0.0350. The van der Waals surface area contributed by atoms with E-state index in [0.29, 0.717) is 6.04 Å². The summed E-state index contributed by atoms with van der Waals surface area (Å²) in [5.74, 6) is 0. The van der Waals surface area contributed by atoms with Gasteiger partial charge in [0.1, 0.15) is 6.10 Å². The fraction of sp³-hybridized carbons (Fsp3) is 0.556. The van der Waals surface area contributed by atoms with Gasteiger partial charge in [0.05, 0.1) is 24.5 Å². The van der Waals surface area contributed by atoms with E-state index in [-0.39, 0.29) is 6.10 Å². The standard InChI is InChI=1S/C18H24N4O/c1-2-6-16(5-1)22-13-15(11-20-22)12-21-9-10-23-18(14-21)17-7-3-4-8-19-17/h3-4,7-8,11,13,16,18H,1-2,5-6,9-10,12,14H2. The van der Waals surface area contributed by atoms with Gasteiger partial charge in [-0.3, -0.25) is 14.6 Å². The molecule has 1 saturated carbocycles. The molecule has 0 N–H and O–H groups in total. The van der Waals surface area contributed by atoms with Crippen LogP contribution in [0.4, 0.5) is 0 Å². The Morgan fingerprint density at radius 2 is 2.13 bits per heavy atom. The molecule has 2 aromatic rings. The fourth-order valence-corrected chi connectivity index (χ4v) is 3.68. The van der Waals surface area contributed by atoms with E-state index in [4.69, 9.17) is 4.74 Å². The van der Waals surface area contributed by atoms with E-state index in [2.05, 4.69) is 25.9 Å². The van der Waals surface area contributed by atoms with Crippen molar-refractivity contribution >= 4 is 0 Å². The quantitative estimate of drug-likeness (QED) is 0.870. The zero-order valence-electron chi connectivity index (χ0n) is 13.5. The maximum atomic E-state index is 5.89. The van der Waals surface area contributed by atoms with Crippen LogP contribution >= 0.6 is 0 Å². The first-order valence-corrected chi connectivity index (χ1v) is 8.66. The second kappa shape index (κ2) is 6.81. The van der Waals surface area contributed by atoms with Gasteiger partial charge in [0.2, 0.25) is 0 Å². The molecule has 1 unspecified atom stereocenters. The zero-order chi connectivity index (χ0) is 15.5. The zero-order valence-corrected chi connectivity index (χ0v) is 13.5. The van der Waals surface area contributed by atoms with Gasteiger partial charge in [-0.1, -0.05) is 18.9 Å². The first kappa shape index (κ1) is 14.8. The molecule has 23 heavy (non-hydrogen) atoms. The molecular formula is C18H24N4O. The lowest BCUT2D eigenvalue weighted by atomic mass is 10.1. The molecule has 0 radical (unpaired) electrons. The molecule has 122 valence electrons. The third-order valence-electron chi connectivity index (χ3n) is 4.93.